The lowest BCUT2D eigenvalue weighted by Gasteiger charge is -2.16. The number of hydrogen-bond acceptors (Lipinski definition) is 5. The molecule has 0 spiro atoms. The molecule has 2 unspecified atom stereocenters. The van der Waals surface area contributed by atoms with Gasteiger partial charge in [-0.05, 0) is 30.7 Å². The number of nitrogens with one attached hydrogen (secondary N) is 1. The Hall–Kier alpha value is -2.14. The molecule has 1 fully saturated rings. The molecule has 3 rings (SSSR count). The third kappa shape index (κ3) is 3.13. The van der Waals surface area contributed by atoms with Crippen LogP contribution in [0.2, 0.25) is 0 Å². The van der Waals surface area contributed by atoms with Crippen LogP contribution in [0.5, 0.6) is 0 Å². The molecule has 0 bridgehead atoms. The average molecular weight is 284 g/mol. The van der Waals surface area contributed by atoms with Crippen molar-refractivity contribution in [2.24, 2.45) is 5.92 Å². The Morgan fingerprint density at radius 1 is 1.24 bits per heavy atom. The fourth-order valence-electron chi connectivity index (χ4n) is 2.90. The molecule has 1 aromatic carbocycles. The Morgan fingerprint density at radius 2 is 2.05 bits per heavy atom. The Labute approximate surface area is 124 Å². The topological polar surface area (TPSA) is 84.1 Å². The molecule has 1 aliphatic rings. The van der Waals surface area contributed by atoms with Crippen LogP contribution in [0.15, 0.2) is 36.5 Å². The second-order valence-electron chi connectivity index (χ2n) is 5.56. The predicted molar refractivity (Wildman–Crippen MR) is 83.7 cm³/mol. The summed E-state index contributed by atoms with van der Waals surface area (Å²) in [6, 6.07) is 10.4. The van der Waals surface area contributed by atoms with E-state index in [-0.39, 0.29) is 12.6 Å². The SMILES string of the molecule is Nc1ncc(-c2ccccc2)c(NC2CCC(CO)C2)n1. The van der Waals surface area contributed by atoms with Gasteiger partial charge in [-0.1, -0.05) is 30.3 Å². The van der Waals surface area contributed by atoms with Gasteiger partial charge in [-0.3, -0.25) is 0 Å². The van der Waals surface area contributed by atoms with E-state index in [2.05, 4.69) is 15.3 Å². The van der Waals surface area contributed by atoms with Crippen LogP contribution < -0.4 is 11.1 Å². The molecule has 2 atom stereocenters. The van der Waals surface area contributed by atoms with Gasteiger partial charge in [0, 0.05) is 24.4 Å². The maximum atomic E-state index is 9.25. The molecule has 0 saturated heterocycles. The lowest BCUT2D eigenvalue weighted by molar-refractivity contribution is 0.229. The fraction of sp³-hybridized carbons (Fsp3) is 0.375. The highest BCUT2D eigenvalue weighted by molar-refractivity contribution is 5.75. The van der Waals surface area contributed by atoms with Crippen molar-refractivity contribution >= 4 is 11.8 Å². The normalized spacial score (nSPS) is 21.4. The van der Waals surface area contributed by atoms with Crippen molar-refractivity contribution in [1.82, 2.24) is 9.97 Å². The number of rotatable bonds is 4. The average Bonchev–Trinajstić information content (AvgIpc) is 2.96. The summed E-state index contributed by atoms with van der Waals surface area (Å²) in [6.07, 6.45) is 4.83. The summed E-state index contributed by atoms with van der Waals surface area (Å²) in [5.74, 6) is 1.44. The summed E-state index contributed by atoms with van der Waals surface area (Å²) < 4.78 is 0. The standard InChI is InChI=1S/C16H20N4O/c17-16-18-9-14(12-4-2-1-3-5-12)15(20-16)19-13-7-6-11(8-13)10-21/h1-5,9,11,13,21H,6-8,10H2,(H3,17,18,19,20). The molecule has 1 aliphatic carbocycles. The van der Waals surface area contributed by atoms with Gasteiger partial charge in [0.15, 0.2) is 0 Å². The fourth-order valence-corrected chi connectivity index (χ4v) is 2.90. The van der Waals surface area contributed by atoms with Gasteiger partial charge in [0.1, 0.15) is 5.82 Å². The van der Waals surface area contributed by atoms with E-state index in [4.69, 9.17) is 5.73 Å². The van der Waals surface area contributed by atoms with Crippen molar-refractivity contribution in [3.8, 4) is 11.1 Å². The van der Waals surface area contributed by atoms with Gasteiger partial charge < -0.3 is 16.2 Å². The Kier molecular flexibility index (Phi) is 4.01. The van der Waals surface area contributed by atoms with E-state index in [0.717, 1.165) is 36.2 Å². The van der Waals surface area contributed by atoms with Crippen molar-refractivity contribution in [1.29, 1.82) is 0 Å². The number of benzene rings is 1. The molecule has 0 radical (unpaired) electrons. The van der Waals surface area contributed by atoms with Crippen molar-refractivity contribution in [2.75, 3.05) is 17.7 Å². The maximum Gasteiger partial charge on any atom is 0.221 e. The number of nitrogens with zero attached hydrogens (tertiary/aromatic N) is 2. The minimum Gasteiger partial charge on any atom is -0.396 e. The zero-order chi connectivity index (χ0) is 14.7. The number of nitrogens with two attached hydrogens (primary N) is 1. The monoisotopic (exact) mass is 284 g/mol. The van der Waals surface area contributed by atoms with Gasteiger partial charge in [0.2, 0.25) is 5.95 Å². The molecule has 0 aliphatic heterocycles. The van der Waals surface area contributed by atoms with Crippen LogP contribution in [0.25, 0.3) is 11.1 Å². The van der Waals surface area contributed by atoms with E-state index in [9.17, 15) is 5.11 Å². The third-order valence-electron chi connectivity index (χ3n) is 4.03. The number of hydrogen-bond donors (Lipinski definition) is 3. The highest BCUT2D eigenvalue weighted by atomic mass is 16.3. The first-order chi connectivity index (χ1) is 10.3. The summed E-state index contributed by atoms with van der Waals surface area (Å²) in [5.41, 5.74) is 7.75. The van der Waals surface area contributed by atoms with Gasteiger partial charge in [0.05, 0.1) is 0 Å². The van der Waals surface area contributed by atoms with E-state index in [1.807, 2.05) is 30.3 Å². The van der Waals surface area contributed by atoms with Gasteiger partial charge in [-0.2, -0.15) is 4.98 Å². The Bertz CT molecular complexity index is 602. The smallest absolute Gasteiger partial charge is 0.221 e. The molecule has 1 aromatic heterocycles. The van der Waals surface area contributed by atoms with E-state index < -0.39 is 0 Å². The molecule has 0 amide bonds. The van der Waals surface area contributed by atoms with Crippen LogP contribution in [0.4, 0.5) is 11.8 Å². The third-order valence-corrected chi connectivity index (χ3v) is 4.03. The summed E-state index contributed by atoms with van der Waals surface area (Å²) in [6.45, 7) is 0.260. The second kappa shape index (κ2) is 6.10. The maximum absolute atomic E-state index is 9.25. The van der Waals surface area contributed by atoms with Gasteiger partial charge in [0.25, 0.3) is 0 Å². The molecule has 5 nitrogen and oxygen atoms in total. The van der Waals surface area contributed by atoms with Crippen LogP contribution in [0.3, 0.4) is 0 Å². The Morgan fingerprint density at radius 3 is 2.76 bits per heavy atom. The molecular formula is C16H20N4O. The van der Waals surface area contributed by atoms with E-state index in [0.29, 0.717) is 12.0 Å². The number of anilines is 2. The van der Waals surface area contributed by atoms with Gasteiger partial charge in [-0.15, -0.1) is 0 Å². The van der Waals surface area contributed by atoms with E-state index in [1.54, 1.807) is 6.20 Å². The minimum atomic E-state index is 0.260. The number of nitrogen functional groups attached to an aromatic ring is 1. The summed E-state index contributed by atoms with van der Waals surface area (Å²) >= 11 is 0. The molecule has 1 heterocycles. The molecular weight excluding hydrogens is 264 g/mol. The highest BCUT2D eigenvalue weighted by Crippen LogP contribution is 2.31. The quantitative estimate of drug-likeness (QED) is 0.802. The lowest BCUT2D eigenvalue weighted by atomic mass is 10.1. The zero-order valence-corrected chi connectivity index (χ0v) is 11.9. The Balaban J connectivity index is 1.86. The van der Waals surface area contributed by atoms with Crippen LogP contribution in [0.1, 0.15) is 19.3 Å². The molecule has 110 valence electrons. The van der Waals surface area contributed by atoms with Crippen molar-refractivity contribution < 1.29 is 5.11 Å². The second-order valence-corrected chi connectivity index (χ2v) is 5.56. The molecule has 2 aromatic rings. The van der Waals surface area contributed by atoms with Crippen LogP contribution in [0, 0.1) is 5.92 Å². The van der Waals surface area contributed by atoms with Crippen molar-refractivity contribution in [3.63, 3.8) is 0 Å². The summed E-state index contributed by atoms with van der Waals surface area (Å²) in [4.78, 5) is 8.47. The highest BCUT2D eigenvalue weighted by Gasteiger charge is 2.25. The van der Waals surface area contributed by atoms with E-state index >= 15 is 0 Å². The van der Waals surface area contributed by atoms with E-state index in [1.165, 1.54) is 0 Å². The largest absolute Gasteiger partial charge is 0.396 e. The zero-order valence-electron chi connectivity index (χ0n) is 11.9. The number of aliphatic hydroxyl groups excluding tert-OH is 1. The minimum absolute atomic E-state index is 0.260. The first kappa shape index (κ1) is 13.8. The predicted octanol–water partition coefficient (Wildman–Crippen LogP) is 2.30. The van der Waals surface area contributed by atoms with Crippen LogP contribution >= 0.6 is 0 Å². The first-order valence-electron chi connectivity index (χ1n) is 7.31. The lowest BCUT2D eigenvalue weighted by Crippen LogP contribution is -2.18. The van der Waals surface area contributed by atoms with Crippen LogP contribution in [-0.4, -0.2) is 27.7 Å². The first-order valence-corrected chi connectivity index (χ1v) is 7.31. The number of aromatic nitrogens is 2. The van der Waals surface area contributed by atoms with Gasteiger partial charge >= 0.3 is 0 Å². The molecule has 21 heavy (non-hydrogen) atoms. The van der Waals surface area contributed by atoms with Crippen LogP contribution in [-0.2, 0) is 0 Å². The summed E-state index contributed by atoms with van der Waals surface area (Å²) in [7, 11) is 0. The molecule has 4 N–H and O–H groups in total. The van der Waals surface area contributed by atoms with Gasteiger partial charge in [-0.25, -0.2) is 4.98 Å². The van der Waals surface area contributed by atoms with Crippen molar-refractivity contribution in [2.45, 2.75) is 25.3 Å². The molecule has 5 heteroatoms. The summed E-state index contributed by atoms with van der Waals surface area (Å²) in [5, 5.41) is 12.7. The van der Waals surface area contributed by atoms with Crippen molar-refractivity contribution in [3.05, 3.63) is 36.5 Å². The molecule has 1 saturated carbocycles. The number of aliphatic hydroxyl groups is 1.